The van der Waals surface area contributed by atoms with Crippen molar-refractivity contribution < 1.29 is 29.4 Å². The molecule has 1 aliphatic heterocycles. The molecule has 1 heterocycles. The van der Waals surface area contributed by atoms with Gasteiger partial charge in [-0.15, -0.1) is 0 Å². The van der Waals surface area contributed by atoms with Crippen LogP contribution in [-0.4, -0.2) is 70.4 Å². The van der Waals surface area contributed by atoms with Crippen LogP contribution in [0.4, 0.5) is 0 Å². The van der Waals surface area contributed by atoms with Gasteiger partial charge in [-0.3, -0.25) is 14.4 Å². The number of carboxylic acids is 1. The van der Waals surface area contributed by atoms with E-state index in [1.54, 1.807) is 42.5 Å². The highest BCUT2D eigenvalue weighted by molar-refractivity contribution is 7.80. The van der Waals surface area contributed by atoms with Gasteiger partial charge < -0.3 is 31.5 Å². The molecule has 0 bridgehead atoms. The fraction of sp³-hybridized carbons (Fsp3) is 0.385. The summed E-state index contributed by atoms with van der Waals surface area (Å²) in [7, 11) is 0. The Hall–Kier alpha value is -3.57. The van der Waals surface area contributed by atoms with Crippen molar-refractivity contribution in [2.45, 2.75) is 49.9 Å². The second kappa shape index (κ2) is 13.7. The van der Waals surface area contributed by atoms with Crippen molar-refractivity contribution in [3.8, 4) is 5.75 Å². The monoisotopic (exact) mass is 528 g/mol. The second-order valence-electron chi connectivity index (χ2n) is 8.91. The van der Waals surface area contributed by atoms with E-state index in [1.807, 2.05) is 0 Å². The Morgan fingerprint density at radius 2 is 1.46 bits per heavy atom. The normalized spacial score (nSPS) is 17.3. The molecule has 0 aromatic heterocycles. The van der Waals surface area contributed by atoms with Gasteiger partial charge >= 0.3 is 5.97 Å². The van der Waals surface area contributed by atoms with Crippen molar-refractivity contribution in [1.82, 2.24) is 21.3 Å². The van der Waals surface area contributed by atoms with E-state index in [2.05, 4.69) is 33.9 Å². The minimum atomic E-state index is -1.21. The zero-order valence-corrected chi connectivity index (χ0v) is 21.1. The van der Waals surface area contributed by atoms with Crippen LogP contribution in [0, 0.1) is 0 Å². The molecule has 198 valence electrons. The molecule has 1 saturated heterocycles. The van der Waals surface area contributed by atoms with Crippen LogP contribution in [0.5, 0.6) is 5.75 Å². The first-order valence-corrected chi connectivity index (χ1v) is 12.7. The van der Waals surface area contributed by atoms with E-state index in [0.29, 0.717) is 18.5 Å². The number of hydrogen-bond donors (Lipinski definition) is 7. The summed E-state index contributed by atoms with van der Waals surface area (Å²) in [5.41, 5.74) is 1.43. The predicted octanol–water partition coefficient (Wildman–Crippen LogP) is 0.398. The second-order valence-corrected chi connectivity index (χ2v) is 9.28. The third-order valence-corrected chi connectivity index (χ3v) is 6.46. The summed E-state index contributed by atoms with van der Waals surface area (Å²) in [6.45, 7) is 0.711. The molecule has 2 aromatic rings. The van der Waals surface area contributed by atoms with E-state index < -0.39 is 42.0 Å². The van der Waals surface area contributed by atoms with Crippen LogP contribution >= 0.6 is 12.6 Å². The van der Waals surface area contributed by atoms with Crippen LogP contribution in [0.3, 0.4) is 0 Å². The fourth-order valence-electron chi connectivity index (χ4n) is 4.05. The van der Waals surface area contributed by atoms with Crippen LogP contribution in [0.15, 0.2) is 54.6 Å². The zero-order valence-electron chi connectivity index (χ0n) is 20.2. The quantitative estimate of drug-likeness (QED) is 0.197. The Bertz CT molecular complexity index is 1080. The lowest BCUT2D eigenvalue weighted by Crippen LogP contribution is -2.58. The van der Waals surface area contributed by atoms with E-state index in [-0.39, 0.29) is 30.3 Å². The van der Waals surface area contributed by atoms with Gasteiger partial charge in [0.05, 0.1) is 6.04 Å². The van der Waals surface area contributed by atoms with Gasteiger partial charge in [-0.25, -0.2) is 4.79 Å². The van der Waals surface area contributed by atoms with Crippen LogP contribution < -0.4 is 21.3 Å². The molecule has 0 aliphatic carbocycles. The molecular formula is C26H32N4O6S. The molecule has 2 aromatic carbocycles. The van der Waals surface area contributed by atoms with Crippen LogP contribution in [-0.2, 0) is 32.0 Å². The van der Waals surface area contributed by atoms with Crippen molar-refractivity contribution in [1.29, 1.82) is 0 Å². The minimum absolute atomic E-state index is 0.0687. The van der Waals surface area contributed by atoms with Gasteiger partial charge in [0, 0.05) is 18.6 Å². The van der Waals surface area contributed by atoms with Gasteiger partial charge in [0.25, 0.3) is 0 Å². The number of amides is 3. The highest BCUT2D eigenvalue weighted by Crippen LogP contribution is 2.13. The maximum Gasteiger partial charge on any atom is 0.326 e. The Balaban J connectivity index is 1.69. The van der Waals surface area contributed by atoms with Crippen molar-refractivity contribution in [3.63, 3.8) is 0 Å². The Labute approximate surface area is 220 Å². The lowest BCUT2D eigenvalue weighted by Gasteiger charge is -2.24. The fourth-order valence-corrected chi connectivity index (χ4v) is 4.30. The van der Waals surface area contributed by atoms with Crippen LogP contribution in [0.25, 0.3) is 0 Å². The zero-order chi connectivity index (χ0) is 26.8. The number of phenolic OH excluding ortho intramolecular Hbond substituents is 1. The number of aromatic hydroxyl groups is 1. The summed E-state index contributed by atoms with van der Waals surface area (Å²) in [5.74, 6) is -2.85. The Morgan fingerprint density at radius 3 is 2.05 bits per heavy atom. The molecule has 37 heavy (non-hydrogen) atoms. The largest absolute Gasteiger partial charge is 0.508 e. The molecular weight excluding hydrogens is 496 g/mol. The minimum Gasteiger partial charge on any atom is -0.508 e. The molecule has 3 amide bonds. The molecule has 1 fully saturated rings. The number of phenols is 1. The number of carbonyl (C=O) groups excluding carboxylic acids is 3. The highest BCUT2D eigenvalue weighted by atomic mass is 32.1. The number of hydrogen-bond acceptors (Lipinski definition) is 7. The van der Waals surface area contributed by atoms with Gasteiger partial charge in [-0.2, -0.15) is 12.6 Å². The van der Waals surface area contributed by atoms with Gasteiger partial charge in [0.15, 0.2) is 0 Å². The molecule has 0 saturated carbocycles. The third-order valence-electron chi connectivity index (χ3n) is 6.10. The standard InChI is InChI=1S/C26H32N4O6S/c31-18-10-8-17(9-11-18)13-20(28-23(32)19-7-4-12-27-19)24(33)30-22(15-37)25(34)29-21(26(35)36)14-16-5-2-1-3-6-16/h1-3,5-6,8-11,19-22,27,31,37H,4,7,12-15H2,(H,28,32)(H,29,34)(H,30,33)(H,35,36). The van der Waals surface area contributed by atoms with Gasteiger partial charge in [-0.05, 0) is 42.6 Å². The average Bonchev–Trinajstić information content (AvgIpc) is 3.43. The summed E-state index contributed by atoms with van der Waals surface area (Å²) >= 11 is 4.17. The van der Waals surface area contributed by atoms with Gasteiger partial charge in [0.2, 0.25) is 17.7 Å². The number of rotatable bonds is 12. The highest BCUT2D eigenvalue weighted by Gasteiger charge is 2.31. The van der Waals surface area contributed by atoms with Crippen molar-refractivity contribution in [2.75, 3.05) is 12.3 Å². The van der Waals surface area contributed by atoms with Gasteiger partial charge in [-0.1, -0.05) is 42.5 Å². The third kappa shape index (κ3) is 8.50. The number of carbonyl (C=O) groups is 4. The molecule has 1 aliphatic rings. The number of thiol groups is 1. The summed E-state index contributed by atoms with van der Waals surface area (Å²) in [4.78, 5) is 50.6. The molecule has 10 nitrogen and oxygen atoms in total. The molecule has 6 N–H and O–H groups in total. The molecule has 0 spiro atoms. The molecule has 11 heteroatoms. The summed E-state index contributed by atoms with van der Waals surface area (Å²) in [6.07, 6.45) is 1.70. The number of benzene rings is 2. The lowest BCUT2D eigenvalue weighted by molar-refractivity contribution is -0.142. The van der Waals surface area contributed by atoms with E-state index in [4.69, 9.17) is 0 Å². The van der Waals surface area contributed by atoms with E-state index in [9.17, 15) is 29.4 Å². The van der Waals surface area contributed by atoms with Crippen molar-refractivity contribution in [3.05, 3.63) is 65.7 Å². The van der Waals surface area contributed by atoms with E-state index in [1.165, 1.54) is 12.1 Å². The molecule has 0 radical (unpaired) electrons. The van der Waals surface area contributed by atoms with E-state index >= 15 is 0 Å². The molecule has 3 rings (SSSR count). The number of aliphatic carboxylic acids is 1. The van der Waals surface area contributed by atoms with Gasteiger partial charge in [0.1, 0.15) is 23.9 Å². The lowest BCUT2D eigenvalue weighted by atomic mass is 10.0. The maximum atomic E-state index is 13.2. The molecule has 4 unspecified atom stereocenters. The average molecular weight is 529 g/mol. The van der Waals surface area contributed by atoms with Crippen molar-refractivity contribution >= 4 is 36.3 Å². The first kappa shape index (κ1) is 28.0. The SMILES string of the molecule is O=C(O)C(Cc1ccccc1)NC(=O)C(CS)NC(=O)C(Cc1ccc(O)cc1)NC(=O)C1CCCN1. The number of nitrogens with one attached hydrogen (secondary N) is 4. The summed E-state index contributed by atoms with van der Waals surface area (Å²) < 4.78 is 0. The topological polar surface area (TPSA) is 157 Å². The van der Waals surface area contributed by atoms with Crippen LogP contribution in [0.2, 0.25) is 0 Å². The predicted molar refractivity (Wildman–Crippen MR) is 140 cm³/mol. The first-order chi connectivity index (χ1) is 17.8. The number of carboxylic acid groups (broad SMARTS) is 1. The Kier molecular flexibility index (Phi) is 10.3. The summed E-state index contributed by atoms with van der Waals surface area (Å²) in [5, 5.41) is 30.1. The summed E-state index contributed by atoms with van der Waals surface area (Å²) in [6, 6.07) is 11.4. The Morgan fingerprint density at radius 1 is 0.865 bits per heavy atom. The maximum absolute atomic E-state index is 13.2. The molecule has 4 atom stereocenters. The smallest absolute Gasteiger partial charge is 0.326 e. The van der Waals surface area contributed by atoms with Crippen molar-refractivity contribution in [2.24, 2.45) is 0 Å². The first-order valence-electron chi connectivity index (χ1n) is 12.1. The van der Waals surface area contributed by atoms with E-state index in [0.717, 1.165) is 12.0 Å². The van der Waals surface area contributed by atoms with Crippen LogP contribution in [0.1, 0.15) is 24.0 Å².